The summed E-state index contributed by atoms with van der Waals surface area (Å²) in [6.45, 7) is 1.73. The predicted octanol–water partition coefficient (Wildman–Crippen LogP) is 3.63. The monoisotopic (exact) mass is 321 g/mol. The van der Waals surface area contributed by atoms with Gasteiger partial charge in [0.25, 0.3) is 5.69 Å². The Bertz CT molecular complexity index is 1040. The molecule has 0 aromatic heterocycles. The van der Waals surface area contributed by atoms with Crippen molar-refractivity contribution < 1.29 is 15.1 Å². The van der Waals surface area contributed by atoms with Crippen LogP contribution in [0.25, 0.3) is 27.6 Å². The van der Waals surface area contributed by atoms with Gasteiger partial charge in [-0.25, -0.2) is 0 Å². The van der Waals surface area contributed by atoms with Crippen LogP contribution in [0.5, 0.6) is 0 Å². The highest BCUT2D eigenvalue weighted by molar-refractivity contribution is 6.12. The van der Waals surface area contributed by atoms with E-state index in [1.807, 2.05) is 36.4 Å². The zero-order valence-corrected chi connectivity index (χ0v) is 12.9. The maximum atomic E-state index is 11.7. The van der Waals surface area contributed by atoms with Crippen molar-refractivity contribution in [1.82, 2.24) is 0 Å². The first-order valence-corrected chi connectivity index (χ1v) is 7.67. The van der Waals surface area contributed by atoms with Gasteiger partial charge in [0.1, 0.15) is 12.2 Å². The zero-order chi connectivity index (χ0) is 17.0. The maximum absolute atomic E-state index is 11.7. The molecule has 5 heteroatoms. The summed E-state index contributed by atoms with van der Waals surface area (Å²) in [4.78, 5) is 11.3. The van der Waals surface area contributed by atoms with Gasteiger partial charge in [0.05, 0.1) is 10.5 Å². The van der Waals surface area contributed by atoms with E-state index in [1.165, 1.54) is 12.2 Å². The minimum atomic E-state index is -1.19. The molecule has 0 amide bonds. The SMILES string of the molecule is Cc1c([N+](=O)[O-])c2c(c3ccc4ccccc4c13)[C@@H](O)[C@H](O)C=C2. The molecule has 5 nitrogen and oxygen atoms in total. The number of rotatable bonds is 1. The van der Waals surface area contributed by atoms with Crippen molar-refractivity contribution in [1.29, 1.82) is 0 Å². The fourth-order valence-corrected chi connectivity index (χ4v) is 3.69. The van der Waals surface area contributed by atoms with Gasteiger partial charge in [-0.3, -0.25) is 10.1 Å². The molecule has 3 aromatic carbocycles. The summed E-state index contributed by atoms with van der Waals surface area (Å²) >= 11 is 0. The van der Waals surface area contributed by atoms with Gasteiger partial charge in [-0.05, 0) is 34.5 Å². The van der Waals surface area contributed by atoms with Crippen LogP contribution in [-0.4, -0.2) is 21.2 Å². The smallest absolute Gasteiger partial charge is 0.280 e. The van der Waals surface area contributed by atoms with Gasteiger partial charge in [0, 0.05) is 11.1 Å². The molecule has 1 aliphatic rings. The Kier molecular flexibility index (Phi) is 3.16. The van der Waals surface area contributed by atoms with E-state index in [-0.39, 0.29) is 5.69 Å². The van der Waals surface area contributed by atoms with E-state index in [9.17, 15) is 20.3 Å². The highest BCUT2D eigenvalue weighted by Crippen LogP contribution is 2.44. The molecule has 0 saturated carbocycles. The number of nitro benzene ring substituents is 1. The molecule has 4 rings (SSSR count). The Morgan fingerprint density at radius 3 is 2.58 bits per heavy atom. The number of aryl methyl sites for hydroxylation is 1. The lowest BCUT2D eigenvalue weighted by atomic mass is 9.83. The minimum Gasteiger partial charge on any atom is -0.386 e. The zero-order valence-electron chi connectivity index (χ0n) is 12.9. The molecule has 0 spiro atoms. The van der Waals surface area contributed by atoms with Gasteiger partial charge in [0.2, 0.25) is 0 Å². The molecule has 0 heterocycles. The van der Waals surface area contributed by atoms with E-state index in [2.05, 4.69) is 0 Å². The Morgan fingerprint density at radius 1 is 1.08 bits per heavy atom. The van der Waals surface area contributed by atoms with Crippen LogP contribution in [0.3, 0.4) is 0 Å². The average Bonchev–Trinajstić information content (AvgIpc) is 2.57. The number of benzene rings is 3. The van der Waals surface area contributed by atoms with Crippen LogP contribution < -0.4 is 0 Å². The van der Waals surface area contributed by atoms with E-state index in [0.717, 1.165) is 21.5 Å². The van der Waals surface area contributed by atoms with Crippen molar-refractivity contribution in [2.24, 2.45) is 0 Å². The van der Waals surface area contributed by atoms with Crippen molar-refractivity contribution >= 4 is 33.3 Å². The second-order valence-electron chi connectivity index (χ2n) is 6.06. The topological polar surface area (TPSA) is 83.6 Å². The maximum Gasteiger partial charge on any atom is 0.280 e. The quantitative estimate of drug-likeness (QED) is 0.407. The Labute approximate surface area is 137 Å². The van der Waals surface area contributed by atoms with Crippen molar-refractivity contribution in [2.45, 2.75) is 19.1 Å². The molecule has 24 heavy (non-hydrogen) atoms. The second-order valence-corrected chi connectivity index (χ2v) is 6.06. The summed E-state index contributed by atoms with van der Waals surface area (Å²) in [5.41, 5.74) is 1.34. The molecule has 2 N–H and O–H groups in total. The first kappa shape index (κ1) is 14.8. The summed E-state index contributed by atoms with van der Waals surface area (Å²) in [6.07, 6.45) is 0.668. The molecular weight excluding hydrogens is 306 g/mol. The standard InChI is InChI=1S/C19H15NO4/c1-10-16-12-5-3-2-4-11(12)6-7-13(16)17-14(18(10)20(23)24)8-9-15(21)19(17)22/h2-9,15,19,21-22H,1H3/t15-,19+/m1/s1. The molecule has 1 aliphatic carbocycles. The highest BCUT2D eigenvalue weighted by Gasteiger charge is 2.32. The minimum absolute atomic E-state index is 0.0175. The van der Waals surface area contributed by atoms with Gasteiger partial charge < -0.3 is 10.2 Å². The average molecular weight is 321 g/mol. The Hall–Kier alpha value is -2.76. The van der Waals surface area contributed by atoms with Crippen molar-refractivity contribution in [3.63, 3.8) is 0 Å². The molecule has 0 bridgehead atoms. The molecule has 120 valence electrons. The van der Waals surface area contributed by atoms with Crippen LogP contribution in [0, 0.1) is 17.0 Å². The molecule has 2 atom stereocenters. The van der Waals surface area contributed by atoms with E-state index in [0.29, 0.717) is 16.7 Å². The fraction of sp³-hybridized carbons (Fsp3) is 0.158. The summed E-state index contributed by atoms with van der Waals surface area (Å²) in [5.74, 6) is 0. The number of nitrogens with zero attached hydrogens (tertiary/aromatic N) is 1. The summed E-state index contributed by atoms with van der Waals surface area (Å²) in [5, 5.41) is 35.5. The number of hydrogen-bond acceptors (Lipinski definition) is 4. The highest BCUT2D eigenvalue weighted by atomic mass is 16.6. The molecule has 0 saturated heterocycles. The number of aliphatic hydroxyl groups excluding tert-OH is 2. The van der Waals surface area contributed by atoms with Gasteiger partial charge >= 0.3 is 0 Å². The first-order valence-electron chi connectivity index (χ1n) is 7.67. The van der Waals surface area contributed by atoms with Gasteiger partial charge in [-0.2, -0.15) is 0 Å². The van der Waals surface area contributed by atoms with Crippen molar-refractivity contribution in [2.75, 3.05) is 0 Å². The third-order valence-electron chi connectivity index (χ3n) is 4.76. The van der Waals surface area contributed by atoms with Crippen LogP contribution in [0.1, 0.15) is 22.8 Å². The number of nitro groups is 1. The van der Waals surface area contributed by atoms with E-state index in [4.69, 9.17) is 0 Å². The molecule has 0 unspecified atom stereocenters. The normalized spacial score (nSPS) is 19.6. The van der Waals surface area contributed by atoms with E-state index < -0.39 is 17.1 Å². The Balaban J connectivity index is 2.29. The lowest BCUT2D eigenvalue weighted by Gasteiger charge is -2.25. The van der Waals surface area contributed by atoms with Crippen LogP contribution in [0.15, 0.2) is 42.5 Å². The predicted molar refractivity (Wildman–Crippen MR) is 92.8 cm³/mol. The molecule has 0 aliphatic heterocycles. The van der Waals surface area contributed by atoms with Gasteiger partial charge in [-0.1, -0.05) is 42.5 Å². The number of aliphatic hydroxyl groups is 2. The van der Waals surface area contributed by atoms with E-state index in [1.54, 1.807) is 6.92 Å². The summed E-state index contributed by atoms with van der Waals surface area (Å²) in [7, 11) is 0. The summed E-state index contributed by atoms with van der Waals surface area (Å²) in [6, 6.07) is 11.5. The molecule has 0 fully saturated rings. The fourth-order valence-electron chi connectivity index (χ4n) is 3.69. The third-order valence-corrected chi connectivity index (χ3v) is 4.76. The molecular formula is C19H15NO4. The summed E-state index contributed by atoms with van der Waals surface area (Å²) < 4.78 is 0. The lowest BCUT2D eigenvalue weighted by Crippen LogP contribution is -2.21. The third kappa shape index (κ3) is 1.89. The molecule has 3 aromatic rings. The van der Waals surface area contributed by atoms with Crippen LogP contribution in [-0.2, 0) is 0 Å². The van der Waals surface area contributed by atoms with Crippen LogP contribution in [0.2, 0.25) is 0 Å². The van der Waals surface area contributed by atoms with Crippen molar-refractivity contribution in [3.05, 3.63) is 69.3 Å². The van der Waals surface area contributed by atoms with Gasteiger partial charge in [-0.15, -0.1) is 0 Å². The number of hydrogen-bond donors (Lipinski definition) is 2. The van der Waals surface area contributed by atoms with Crippen molar-refractivity contribution in [3.8, 4) is 0 Å². The second kappa shape index (κ2) is 5.12. The van der Waals surface area contributed by atoms with E-state index >= 15 is 0 Å². The Morgan fingerprint density at radius 2 is 1.83 bits per heavy atom. The van der Waals surface area contributed by atoms with Crippen LogP contribution in [0.4, 0.5) is 5.69 Å². The largest absolute Gasteiger partial charge is 0.386 e. The van der Waals surface area contributed by atoms with Crippen LogP contribution >= 0.6 is 0 Å². The van der Waals surface area contributed by atoms with Gasteiger partial charge in [0.15, 0.2) is 0 Å². The first-order chi connectivity index (χ1) is 11.5. The molecule has 0 radical (unpaired) electrons. The lowest BCUT2D eigenvalue weighted by molar-refractivity contribution is -0.385. The number of fused-ring (bicyclic) bond motifs is 5.